The highest BCUT2D eigenvalue weighted by molar-refractivity contribution is 5.95. The molecule has 2 fully saturated rings. The lowest BCUT2D eigenvalue weighted by Gasteiger charge is -2.36. The Balaban J connectivity index is 1.31. The molecule has 6 heteroatoms. The van der Waals surface area contributed by atoms with Crippen molar-refractivity contribution >= 4 is 11.6 Å². The van der Waals surface area contributed by atoms with Crippen molar-refractivity contribution in [2.24, 2.45) is 11.8 Å². The molecule has 1 amide bonds. The van der Waals surface area contributed by atoms with Gasteiger partial charge in [-0.1, -0.05) is 18.2 Å². The zero-order valence-electron chi connectivity index (χ0n) is 21.9. The molecule has 2 aromatic carbocycles. The summed E-state index contributed by atoms with van der Waals surface area (Å²) in [6.07, 6.45) is 10.3. The first-order valence-corrected chi connectivity index (χ1v) is 13.7. The van der Waals surface area contributed by atoms with E-state index in [1.54, 1.807) is 19.6 Å². The summed E-state index contributed by atoms with van der Waals surface area (Å²) in [6, 6.07) is 14.5. The highest BCUT2D eigenvalue weighted by atomic mass is 16.5. The number of anilines is 1. The van der Waals surface area contributed by atoms with Crippen molar-refractivity contribution in [1.82, 2.24) is 4.98 Å². The number of carbonyl (C=O) groups excluding carboxylic acids is 1. The minimum Gasteiger partial charge on any atom is -0.496 e. The molecule has 3 aromatic rings. The molecular weight excluding hydrogens is 464 g/mol. The van der Waals surface area contributed by atoms with Crippen LogP contribution in [0.15, 0.2) is 59.3 Å². The van der Waals surface area contributed by atoms with Crippen LogP contribution < -0.4 is 9.64 Å². The Morgan fingerprint density at radius 1 is 1.05 bits per heavy atom. The van der Waals surface area contributed by atoms with Crippen LogP contribution in [-0.4, -0.2) is 35.8 Å². The Morgan fingerprint density at radius 3 is 2.51 bits per heavy atom. The van der Waals surface area contributed by atoms with Crippen LogP contribution in [0.25, 0.3) is 11.5 Å². The third kappa shape index (κ3) is 5.90. The van der Waals surface area contributed by atoms with Gasteiger partial charge in [0, 0.05) is 23.7 Å². The highest BCUT2D eigenvalue weighted by Crippen LogP contribution is 2.39. The predicted molar refractivity (Wildman–Crippen MR) is 145 cm³/mol. The van der Waals surface area contributed by atoms with E-state index >= 15 is 0 Å². The van der Waals surface area contributed by atoms with Gasteiger partial charge in [0.15, 0.2) is 0 Å². The van der Waals surface area contributed by atoms with Gasteiger partial charge in [-0.25, -0.2) is 4.98 Å². The Hall–Kier alpha value is -3.12. The molecule has 2 aliphatic carbocycles. The number of aliphatic hydroxyl groups excluding tert-OH is 1. The lowest BCUT2D eigenvalue weighted by molar-refractivity contribution is -0.124. The number of carbonyl (C=O) groups is 1. The largest absolute Gasteiger partial charge is 0.496 e. The first-order valence-electron chi connectivity index (χ1n) is 13.7. The van der Waals surface area contributed by atoms with E-state index in [0.717, 1.165) is 62.1 Å². The normalized spacial score (nSPS) is 24.0. The first-order chi connectivity index (χ1) is 18.0. The zero-order valence-corrected chi connectivity index (χ0v) is 21.9. The summed E-state index contributed by atoms with van der Waals surface area (Å²) in [5, 5.41) is 9.98. The number of hydrogen-bond acceptors (Lipinski definition) is 5. The van der Waals surface area contributed by atoms with Crippen molar-refractivity contribution in [3.63, 3.8) is 0 Å². The number of oxazole rings is 1. The third-order valence-electron chi connectivity index (χ3n) is 8.33. The van der Waals surface area contributed by atoms with Crippen LogP contribution in [0.3, 0.4) is 0 Å². The average Bonchev–Trinajstić information content (AvgIpc) is 3.47. The van der Waals surface area contributed by atoms with Crippen molar-refractivity contribution in [1.29, 1.82) is 0 Å². The topological polar surface area (TPSA) is 75.8 Å². The quantitative estimate of drug-likeness (QED) is 0.398. The third-order valence-corrected chi connectivity index (χ3v) is 8.33. The second-order valence-corrected chi connectivity index (χ2v) is 10.8. The summed E-state index contributed by atoms with van der Waals surface area (Å²) in [6.45, 7) is 2.83. The van der Waals surface area contributed by atoms with Gasteiger partial charge in [0.05, 0.1) is 19.4 Å². The van der Waals surface area contributed by atoms with Gasteiger partial charge >= 0.3 is 0 Å². The fourth-order valence-electron chi connectivity index (χ4n) is 6.13. The second-order valence-electron chi connectivity index (χ2n) is 10.8. The van der Waals surface area contributed by atoms with Crippen LogP contribution in [0.4, 0.5) is 5.69 Å². The molecule has 0 aliphatic heterocycles. The zero-order chi connectivity index (χ0) is 25.8. The maximum Gasteiger partial charge on any atom is 0.230 e. The van der Waals surface area contributed by atoms with Crippen LogP contribution in [0.5, 0.6) is 5.75 Å². The molecule has 1 heterocycles. The number of methoxy groups -OCH3 is 1. The molecule has 0 unspecified atom stereocenters. The van der Waals surface area contributed by atoms with Crippen LogP contribution in [0.2, 0.25) is 0 Å². The minimum absolute atomic E-state index is 0.0348. The van der Waals surface area contributed by atoms with Crippen LogP contribution >= 0.6 is 0 Å². The number of aliphatic hydroxyl groups is 1. The van der Waals surface area contributed by atoms with E-state index < -0.39 is 0 Å². The molecule has 0 radical (unpaired) electrons. The van der Waals surface area contributed by atoms with Crippen LogP contribution in [-0.2, 0) is 4.79 Å². The summed E-state index contributed by atoms with van der Waals surface area (Å²) < 4.78 is 11.0. The molecule has 0 bridgehead atoms. The first kappa shape index (κ1) is 25.5. The number of amides is 1. The molecule has 196 valence electrons. The number of aryl methyl sites for hydroxylation is 1. The molecular formula is C31H38N2O4. The molecule has 0 atom stereocenters. The number of benzene rings is 2. The van der Waals surface area contributed by atoms with E-state index in [1.807, 2.05) is 29.2 Å². The number of aromatic nitrogens is 1. The Bertz CT molecular complexity index is 1180. The fourth-order valence-corrected chi connectivity index (χ4v) is 6.13. The molecule has 2 aliphatic rings. The molecule has 5 rings (SSSR count). The Labute approximate surface area is 219 Å². The molecule has 6 nitrogen and oxygen atoms in total. The number of rotatable bonds is 7. The predicted octanol–water partition coefficient (Wildman–Crippen LogP) is 6.52. The maximum atomic E-state index is 13.9. The van der Waals surface area contributed by atoms with Gasteiger partial charge in [0.1, 0.15) is 12.0 Å². The van der Waals surface area contributed by atoms with Gasteiger partial charge in [-0.3, -0.25) is 4.79 Å². The SMILES string of the molecule is COc1ccc([C@H]2CC[C@H](CN(c3cccc(-c4ncco4)c3)C(=O)[C@H]3CC[C@H](O)CC3)CC2)cc1C. The molecule has 37 heavy (non-hydrogen) atoms. The summed E-state index contributed by atoms with van der Waals surface area (Å²) in [4.78, 5) is 20.2. The van der Waals surface area contributed by atoms with Crippen molar-refractivity contribution in [2.75, 3.05) is 18.6 Å². The summed E-state index contributed by atoms with van der Waals surface area (Å²) in [5.41, 5.74) is 4.35. The molecule has 1 N–H and O–H groups in total. The van der Waals surface area contributed by atoms with Crippen LogP contribution in [0.1, 0.15) is 68.4 Å². The standard InChI is InChI=1S/C31H38N2O4/c1-21-18-25(12-15-29(21)36-2)23-8-6-22(7-9-23)20-33(31(35)24-10-13-28(34)14-11-24)27-5-3-4-26(19-27)30-32-16-17-37-30/h3-5,12,15-19,22-24,28,34H,6-11,13-14,20H2,1-2H3/t22-,23-,24-,28-. The smallest absolute Gasteiger partial charge is 0.230 e. The van der Waals surface area contributed by atoms with E-state index in [1.165, 1.54) is 11.1 Å². The Kier molecular flexibility index (Phi) is 7.94. The maximum absolute atomic E-state index is 13.9. The van der Waals surface area contributed by atoms with Gasteiger partial charge in [-0.05, 0) is 106 Å². The monoisotopic (exact) mass is 502 g/mol. The Morgan fingerprint density at radius 2 is 1.84 bits per heavy atom. The van der Waals surface area contributed by atoms with Gasteiger partial charge in [0.25, 0.3) is 0 Å². The molecule has 2 saturated carbocycles. The average molecular weight is 503 g/mol. The van der Waals surface area contributed by atoms with E-state index in [4.69, 9.17) is 9.15 Å². The van der Waals surface area contributed by atoms with Crippen molar-refractivity contribution in [3.8, 4) is 17.2 Å². The molecule has 1 aromatic heterocycles. The lowest BCUT2D eigenvalue weighted by Crippen LogP contribution is -2.41. The van der Waals surface area contributed by atoms with Gasteiger partial charge in [-0.15, -0.1) is 0 Å². The highest BCUT2D eigenvalue weighted by Gasteiger charge is 2.32. The van der Waals surface area contributed by atoms with E-state index in [9.17, 15) is 9.90 Å². The summed E-state index contributed by atoms with van der Waals surface area (Å²) in [5.74, 6) is 2.66. The number of hydrogen-bond donors (Lipinski definition) is 1. The van der Waals surface area contributed by atoms with Crippen molar-refractivity contribution in [2.45, 2.75) is 70.3 Å². The van der Waals surface area contributed by atoms with Gasteiger partial charge in [0.2, 0.25) is 11.8 Å². The number of ether oxygens (including phenoxy) is 1. The van der Waals surface area contributed by atoms with Gasteiger partial charge < -0.3 is 19.2 Å². The lowest BCUT2D eigenvalue weighted by atomic mass is 9.78. The molecule has 0 spiro atoms. The van der Waals surface area contributed by atoms with E-state index in [-0.39, 0.29) is 17.9 Å². The van der Waals surface area contributed by atoms with Crippen LogP contribution in [0, 0.1) is 18.8 Å². The minimum atomic E-state index is -0.275. The van der Waals surface area contributed by atoms with E-state index in [2.05, 4.69) is 30.1 Å². The van der Waals surface area contributed by atoms with Crippen molar-refractivity contribution in [3.05, 3.63) is 66.1 Å². The van der Waals surface area contributed by atoms with Crippen molar-refractivity contribution < 1.29 is 19.1 Å². The summed E-state index contributed by atoms with van der Waals surface area (Å²) in [7, 11) is 1.72. The second kappa shape index (κ2) is 11.5. The number of nitrogens with zero attached hydrogens (tertiary/aromatic N) is 2. The van der Waals surface area contributed by atoms with Gasteiger partial charge in [-0.2, -0.15) is 0 Å². The fraction of sp³-hybridized carbons (Fsp3) is 0.484. The molecule has 0 saturated heterocycles. The summed E-state index contributed by atoms with van der Waals surface area (Å²) >= 11 is 0. The van der Waals surface area contributed by atoms with E-state index in [0.29, 0.717) is 30.6 Å².